The molecule has 80 valence electrons. The number of benzene rings is 1. The smallest absolute Gasteiger partial charge is 0.181 e. The van der Waals surface area contributed by atoms with E-state index in [4.69, 9.17) is 17.3 Å². The average Bonchev–Trinajstić information content (AvgIpc) is 2.74. The topological polar surface area (TPSA) is 55.1 Å². The molecule has 3 N–H and O–H groups in total. The average molecular weight is 225 g/mol. The monoisotopic (exact) mass is 224 g/mol. The zero-order valence-corrected chi connectivity index (χ0v) is 9.05. The van der Waals surface area contributed by atoms with E-state index < -0.39 is 0 Å². The van der Waals surface area contributed by atoms with Crippen molar-refractivity contribution in [1.29, 1.82) is 0 Å². The predicted molar refractivity (Wildman–Crippen MR) is 61.2 cm³/mol. The molecule has 1 aromatic carbocycles. The van der Waals surface area contributed by atoms with Crippen LogP contribution in [0.25, 0.3) is 0 Å². The van der Waals surface area contributed by atoms with E-state index in [2.05, 4.69) is 5.32 Å². The molecule has 1 aliphatic rings. The van der Waals surface area contributed by atoms with Crippen LogP contribution in [0.2, 0.25) is 5.02 Å². The van der Waals surface area contributed by atoms with Crippen molar-refractivity contribution in [2.75, 3.05) is 12.3 Å². The van der Waals surface area contributed by atoms with Crippen molar-refractivity contribution in [1.82, 2.24) is 5.32 Å². The quantitative estimate of drug-likeness (QED) is 0.596. The Morgan fingerprint density at radius 2 is 2.33 bits per heavy atom. The van der Waals surface area contributed by atoms with E-state index in [1.165, 1.54) is 0 Å². The number of hydrogen-bond acceptors (Lipinski definition) is 3. The van der Waals surface area contributed by atoms with Crippen molar-refractivity contribution in [3.05, 3.63) is 28.8 Å². The molecule has 3 nitrogen and oxygen atoms in total. The second kappa shape index (κ2) is 4.21. The highest BCUT2D eigenvalue weighted by Gasteiger charge is 2.24. The number of nitrogen functional groups attached to an aromatic ring is 1. The number of para-hydroxylation sites is 1. The lowest BCUT2D eigenvalue weighted by Crippen LogP contribution is -2.31. The van der Waals surface area contributed by atoms with Crippen LogP contribution in [0.4, 0.5) is 5.69 Å². The van der Waals surface area contributed by atoms with Gasteiger partial charge < -0.3 is 11.1 Å². The number of rotatable bonds is 2. The van der Waals surface area contributed by atoms with Crippen LogP contribution in [-0.2, 0) is 0 Å². The molecule has 1 aromatic rings. The SMILES string of the molecule is Nc1c(Cl)cccc1C(=O)C1CCCN1. The summed E-state index contributed by atoms with van der Waals surface area (Å²) in [6.07, 6.45) is 1.92. The minimum atomic E-state index is -0.0919. The van der Waals surface area contributed by atoms with Crippen LogP contribution in [0.3, 0.4) is 0 Å². The van der Waals surface area contributed by atoms with Crippen molar-refractivity contribution in [2.45, 2.75) is 18.9 Å². The van der Waals surface area contributed by atoms with Gasteiger partial charge in [-0.15, -0.1) is 0 Å². The minimum absolute atomic E-state index is 0.0486. The molecule has 1 fully saturated rings. The lowest BCUT2D eigenvalue weighted by Gasteiger charge is -2.11. The highest BCUT2D eigenvalue weighted by atomic mass is 35.5. The Labute approximate surface area is 93.6 Å². The maximum Gasteiger partial charge on any atom is 0.181 e. The number of ketones is 1. The molecule has 0 saturated carbocycles. The van der Waals surface area contributed by atoms with Crippen LogP contribution in [0.15, 0.2) is 18.2 Å². The van der Waals surface area contributed by atoms with Gasteiger partial charge in [-0.1, -0.05) is 17.7 Å². The van der Waals surface area contributed by atoms with Gasteiger partial charge in [-0.3, -0.25) is 4.79 Å². The first-order valence-electron chi connectivity index (χ1n) is 5.01. The van der Waals surface area contributed by atoms with E-state index >= 15 is 0 Å². The van der Waals surface area contributed by atoms with E-state index in [0.29, 0.717) is 16.3 Å². The highest BCUT2D eigenvalue weighted by molar-refractivity contribution is 6.34. The maximum atomic E-state index is 12.0. The molecule has 2 rings (SSSR count). The highest BCUT2D eigenvalue weighted by Crippen LogP contribution is 2.24. The third-order valence-electron chi connectivity index (χ3n) is 2.70. The van der Waals surface area contributed by atoms with Gasteiger partial charge in [0.2, 0.25) is 0 Å². The fourth-order valence-electron chi connectivity index (χ4n) is 1.85. The molecule has 0 radical (unpaired) electrons. The predicted octanol–water partition coefficient (Wildman–Crippen LogP) is 1.86. The van der Waals surface area contributed by atoms with E-state index in [1.54, 1.807) is 18.2 Å². The van der Waals surface area contributed by atoms with Gasteiger partial charge in [-0.2, -0.15) is 0 Å². The zero-order valence-electron chi connectivity index (χ0n) is 8.29. The molecule has 4 heteroatoms. The summed E-state index contributed by atoms with van der Waals surface area (Å²) in [5.41, 5.74) is 6.69. The molecule has 1 unspecified atom stereocenters. The molecule has 1 saturated heterocycles. The molecule has 0 aromatic heterocycles. The minimum Gasteiger partial charge on any atom is -0.397 e. The van der Waals surface area contributed by atoms with Gasteiger partial charge in [-0.25, -0.2) is 0 Å². The fourth-order valence-corrected chi connectivity index (χ4v) is 2.02. The van der Waals surface area contributed by atoms with Crippen LogP contribution in [0.1, 0.15) is 23.2 Å². The number of carbonyl (C=O) groups is 1. The van der Waals surface area contributed by atoms with Crippen LogP contribution in [-0.4, -0.2) is 18.4 Å². The first-order chi connectivity index (χ1) is 7.20. The largest absolute Gasteiger partial charge is 0.397 e. The molecular formula is C11H13ClN2O. The van der Waals surface area contributed by atoms with Crippen molar-refractivity contribution in [3.8, 4) is 0 Å². The van der Waals surface area contributed by atoms with Crippen molar-refractivity contribution in [2.24, 2.45) is 0 Å². The van der Waals surface area contributed by atoms with Gasteiger partial charge >= 0.3 is 0 Å². The summed E-state index contributed by atoms with van der Waals surface area (Å²) >= 11 is 5.87. The molecule has 1 aliphatic heterocycles. The zero-order chi connectivity index (χ0) is 10.8. The Hall–Kier alpha value is -1.06. The number of Topliss-reactive ketones (excluding diaryl/α,β-unsaturated/α-hetero) is 1. The summed E-state index contributed by atoms with van der Waals surface area (Å²) in [7, 11) is 0. The Morgan fingerprint density at radius 1 is 1.53 bits per heavy atom. The third kappa shape index (κ3) is 1.98. The number of nitrogens with one attached hydrogen (secondary N) is 1. The van der Waals surface area contributed by atoms with Crippen LogP contribution in [0, 0.1) is 0 Å². The summed E-state index contributed by atoms with van der Waals surface area (Å²) < 4.78 is 0. The number of halogens is 1. The Kier molecular flexibility index (Phi) is 2.93. The van der Waals surface area contributed by atoms with Gasteiger partial charge in [0.15, 0.2) is 5.78 Å². The summed E-state index contributed by atoms with van der Waals surface area (Å²) in [5.74, 6) is 0.0486. The van der Waals surface area contributed by atoms with Gasteiger partial charge in [0, 0.05) is 5.56 Å². The van der Waals surface area contributed by atoms with E-state index in [-0.39, 0.29) is 11.8 Å². The summed E-state index contributed by atoms with van der Waals surface area (Å²) in [5, 5.41) is 3.60. The van der Waals surface area contributed by atoms with Gasteiger partial charge in [0.25, 0.3) is 0 Å². The van der Waals surface area contributed by atoms with E-state index in [9.17, 15) is 4.79 Å². The van der Waals surface area contributed by atoms with Crippen molar-refractivity contribution in [3.63, 3.8) is 0 Å². The second-order valence-corrected chi connectivity index (χ2v) is 4.12. The van der Waals surface area contributed by atoms with Crippen LogP contribution >= 0.6 is 11.6 Å². The van der Waals surface area contributed by atoms with Crippen molar-refractivity contribution < 1.29 is 4.79 Å². The number of carbonyl (C=O) groups excluding carboxylic acids is 1. The molecule has 0 spiro atoms. The number of nitrogens with two attached hydrogens (primary N) is 1. The summed E-state index contributed by atoms with van der Waals surface area (Å²) in [6.45, 7) is 0.900. The molecular weight excluding hydrogens is 212 g/mol. The summed E-state index contributed by atoms with van der Waals surface area (Å²) in [6, 6.07) is 5.07. The first-order valence-corrected chi connectivity index (χ1v) is 5.39. The molecule has 15 heavy (non-hydrogen) atoms. The lowest BCUT2D eigenvalue weighted by molar-refractivity contribution is 0.0953. The Balaban J connectivity index is 2.28. The van der Waals surface area contributed by atoms with Crippen LogP contribution in [0.5, 0.6) is 0 Å². The number of hydrogen-bond donors (Lipinski definition) is 2. The normalized spacial score (nSPS) is 20.5. The maximum absolute atomic E-state index is 12.0. The fraction of sp³-hybridized carbons (Fsp3) is 0.364. The second-order valence-electron chi connectivity index (χ2n) is 3.71. The molecule has 0 amide bonds. The first kappa shape index (κ1) is 10.5. The summed E-state index contributed by atoms with van der Waals surface area (Å²) in [4.78, 5) is 12.0. The Morgan fingerprint density at radius 3 is 3.00 bits per heavy atom. The van der Waals surface area contributed by atoms with Crippen molar-refractivity contribution >= 4 is 23.1 Å². The molecule has 1 heterocycles. The lowest BCUT2D eigenvalue weighted by atomic mass is 10.0. The molecule has 0 aliphatic carbocycles. The molecule has 0 bridgehead atoms. The van der Waals surface area contributed by atoms with Gasteiger partial charge in [0.1, 0.15) is 0 Å². The van der Waals surface area contributed by atoms with E-state index in [1.807, 2.05) is 0 Å². The van der Waals surface area contributed by atoms with Crippen LogP contribution < -0.4 is 11.1 Å². The van der Waals surface area contributed by atoms with Gasteiger partial charge in [0.05, 0.1) is 16.8 Å². The molecule has 1 atom stereocenters. The standard InChI is InChI=1S/C11H13ClN2O/c12-8-4-1-3-7(10(8)13)11(15)9-5-2-6-14-9/h1,3-4,9,14H,2,5-6,13H2. The van der Waals surface area contributed by atoms with Gasteiger partial charge in [-0.05, 0) is 31.5 Å². The Bertz CT molecular complexity index is 386. The third-order valence-corrected chi connectivity index (χ3v) is 3.02. The number of anilines is 1. The van der Waals surface area contributed by atoms with E-state index in [0.717, 1.165) is 19.4 Å².